The third kappa shape index (κ3) is 6.05. The molecule has 0 N–H and O–H groups in total. The number of hydrogen-bond donors (Lipinski definition) is 0. The van der Waals surface area contributed by atoms with E-state index >= 15 is 0 Å². The van der Waals surface area contributed by atoms with Gasteiger partial charge in [0.15, 0.2) is 0 Å². The molecule has 0 aromatic rings. The van der Waals surface area contributed by atoms with E-state index < -0.39 is 0 Å². The van der Waals surface area contributed by atoms with E-state index in [2.05, 4.69) is 6.92 Å². The van der Waals surface area contributed by atoms with Gasteiger partial charge in [0.1, 0.15) is 5.78 Å². The molecule has 2 nitrogen and oxygen atoms in total. The number of methoxy groups -OCH3 is 1. The molecule has 0 amide bonds. The molecule has 0 aromatic carbocycles. The second kappa shape index (κ2) is 6.35. The molecule has 2 heteroatoms. The van der Waals surface area contributed by atoms with Crippen molar-refractivity contribution in [2.75, 3.05) is 7.11 Å². The number of rotatable bonds is 6. The first-order valence-electron chi connectivity index (χ1n) is 4.23. The Kier molecular flexibility index (Phi) is 6.13. The van der Waals surface area contributed by atoms with Crippen LogP contribution in [0.2, 0.25) is 0 Å². The Morgan fingerprint density at radius 3 is 2.55 bits per heavy atom. The molecule has 0 fully saturated rings. The van der Waals surface area contributed by atoms with Gasteiger partial charge in [0.05, 0.1) is 6.10 Å². The summed E-state index contributed by atoms with van der Waals surface area (Å²) in [5, 5.41) is 0. The lowest BCUT2D eigenvalue weighted by molar-refractivity contribution is -0.119. The van der Waals surface area contributed by atoms with Gasteiger partial charge in [-0.15, -0.1) is 0 Å². The van der Waals surface area contributed by atoms with Crippen LogP contribution in [0, 0.1) is 0 Å². The molecule has 0 heterocycles. The van der Waals surface area contributed by atoms with Crippen LogP contribution in [0.4, 0.5) is 0 Å². The molecule has 66 valence electrons. The Bertz CT molecular complexity index is 110. The van der Waals surface area contributed by atoms with Crippen molar-refractivity contribution >= 4 is 5.78 Å². The molecule has 0 bridgehead atoms. The Labute approximate surface area is 68.9 Å². The van der Waals surface area contributed by atoms with E-state index in [1.165, 1.54) is 0 Å². The quantitative estimate of drug-likeness (QED) is 0.592. The summed E-state index contributed by atoms with van der Waals surface area (Å²) in [4.78, 5) is 10.7. The first kappa shape index (κ1) is 10.6. The maximum atomic E-state index is 10.7. The second-order valence-electron chi connectivity index (χ2n) is 2.91. The van der Waals surface area contributed by atoms with Gasteiger partial charge >= 0.3 is 0 Å². The van der Waals surface area contributed by atoms with Crippen LogP contribution in [0.1, 0.15) is 39.5 Å². The molecule has 0 aliphatic rings. The smallest absolute Gasteiger partial charge is 0.132 e. The van der Waals surface area contributed by atoms with E-state index in [4.69, 9.17) is 4.74 Å². The van der Waals surface area contributed by atoms with Crippen LogP contribution in [0.3, 0.4) is 0 Å². The average Bonchev–Trinajstić information content (AvgIpc) is 1.97. The SMILES string of the molecule is CCCCC(CC(C)=O)OC. The summed E-state index contributed by atoms with van der Waals surface area (Å²) in [6.45, 7) is 3.75. The molecular formula is C9H18O2. The molecule has 11 heavy (non-hydrogen) atoms. The molecule has 0 aliphatic heterocycles. The zero-order valence-corrected chi connectivity index (χ0v) is 7.72. The number of unbranched alkanes of at least 4 members (excludes halogenated alkanes) is 1. The van der Waals surface area contributed by atoms with E-state index in [1.807, 2.05) is 0 Å². The Morgan fingerprint density at radius 2 is 2.18 bits per heavy atom. The van der Waals surface area contributed by atoms with Gasteiger partial charge in [-0.3, -0.25) is 4.79 Å². The predicted octanol–water partition coefficient (Wildman–Crippen LogP) is 2.17. The Hall–Kier alpha value is -0.370. The largest absolute Gasteiger partial charge is 0.381 e. The van der Waals surface area contributed by atoms with Crippen molar-refractivity contribution in [3.8, 4) is 0 Å². The van der Waals surface area contributed by atoms with E-state index in [-0.39, 0.29) is 11.9 Å². The van der Waals surface area contributed by atoms with E-state index in [9.17, 15) is 4.79 Å². The fourth-order valence-electron chi connectivity index (χ4n) is 1.06. The van der Waals surface area contributed by atoms with Crippen molar-refractivity contribution < 1.29 is 9.53 Å². The van der Waals surface area contributed by atoms with Gasteiger partial charge in [-0.2, -0.15) is 0 Å². The fraction of sp³-hybridized carbons (Fsp3) is 0.889. The van der Waals surface area contributed by atoms with Gasteiger partial charge in [0.2, 0.25) is 0 Å². The molecule has 0 rings (SSSR count). The first-order chi connectivity index (χ1) is 5.20. The molecule has 0 aliphatic carbocycles. The van der Waals surface area contributed by atoms with Crippen molar-refractivity contribution in [2.45, 2.75) is 45.6 Å². The molecule has 1 unspecified atom stereocenters. The van der Waals surface area contributed by atoms with E-state index in [0.29, 0.717) is 6.42 Å². The number of ether oxygens (including phenoxy) is 1. The molecule has 1 atom stereocenters. The monoisotopic (exact) mass is 158 g/mol. The van der Waals surface area contributed by atoms with E-state index in [0.717, 1.165) is 19.3 Å². The summed E-state index contributed by atoms with van der Waals surface area (Å²) in [7, 11) is 1.67. The van der Waals surface area contributed by atoms with Crippen LogP contribution in [0.25, 0.3) is 0 Å². The second-order valence-corrected chi connectivity index (χ2v) is 2.91. The molecule has 0 saturated heterocycles. The van der Waals surface area contributed by atoms with Crippen molar-refractivity contribution in [1.29, 1.82) is 0 Å². The first-order valence-corrected chi connectivity index (χ1v) is 4.23. The zero-order chi connectivity index (χ0) is 8.69. The molecule has 0 aromatic heterocycles. The standard InChI is InChI=1S/C9H18O2/c1-4-5-6-9(11-3)7-8(2)10/h9H,4-7H2,1-3H3. The summed E-state index contributed by atoms with van der Waals surface area (Å²) in [6, 6.07) is 0. The van der Waals surface area contributed by atoms with Crippen LogP contribution in [-0.4, -0.2) is 19.0 Å². The third-order valence-electron chi connectivity index (χ3n) is 1.73. The van der Waals surface area contributed by atoms with Crippen molar-refractivity contribution in [3.63, 3.8) is 0 Å². The number of carbonyl (C=O) groups is 1. The molecule has 0 saturated carbocycles. The maximum Gasteiger partial charge on any atom is 0.132 e. The van der Waals surface area contributed by atoms with Crippen LogP contribution in [0.5, 0.6) is 0 Å². The minimum Gasteiger partial charge on any atom is -0.381 e. The molecular weight excluding hydrogens is 140 g/mol. The highest BCUT2D eigenvalue weighted by Crippen LogP contribution is 2.07. The van der Waals surface area contributed by atoms with Gasteiger partial charge in [-0.05, 0) is 13.3 Å². The van der Waals surface area contributed by atoms with Crippen molar-refractivity contribution in [2.24, 2.45) is 0 Å². The van der Waals surface area contributed by atoms with Crippen LogP contribution >= 0.6 is 0 Å². The number of carbonyl (C=O) groups excluding carboxylic acids is 1. The number of Topliss-reactive ketones (excluding diaryl/α,β-unsaturated/α-hetero) is 1. The molecule has 0 radical (unpaired) electrons. The van der Waals surface area contributed by atoms with Crippen LogP contribution in [-0.2, 0) is 9.53 Å². The van der Waals surface area contributed by atoms with E-state index in [1.54, 1.807) is 14.0 Å². The number of ketones is 1. The summed E-state index contributed by atoms with van der Waals surface area (Å²) in [5.41, 5.74) is 0. The normalized spacial score (nSPS) is 13.0. The summed E-state index contributed by atoms with van der Waals surface area (Å²) < 4.78 is 5.14. The maximum absolute atomic E-state index is 10.7. The van der Waals surface area contributed by atoms with Gasteiger partial charge in [0.25, 0.3) is 0 Å². The Balaban J connectivity index is 3.49. The summed E-state index contributed by atoms with van der Waals surface area (Å²) >= 11 is 0. The zero-order valence-electron chi connectivity index (χ0n) is 7.72. The van der Waals surface area contributed by atoms with Crippen molar-refractivity contribution in [1.82, 2.24) is 0 Å². The lowest BCUT2D eigenvalue weighted by atomic mass is 10.1. The summed E-state index contributed by atoms with van der Waals surface area (Å²) in [6.07, 6.45) is 4.03. The van der Waals surface area contributed by atoms with Crippen LogP contribution in [0.15, 0.2) is 0 Å². The lowest BCUT2D eigenvalue weighted by Crippen LogP contribution is -2.14. The van der Waals surface area contributed by atoms with Gasteiger partial charge in [-0.1, -0.05) is 19.8 Å². The molecule has 0 spiro atoms. The fourth-order valence-corrected chi connectivity index (χ4v) is 1.06. The highest BCUT2D eigenvalue weighted by molar-refractivity contribution is 5.75. The highest BCUT2D eigenvalue weighted by atomic mass is 16.5. The van der Waals surface area contributed by atoms with Gasteiger partial charge in [0, 0.05) is 13.5 Å². The number of hydrogen-bond acceptors (Lipinski definition) is 2. The average molecular weight is 158 g/mol. The van der Waals surface area contributed by atoms with Crippen molar-refractivity contribution in [3.05, 3.63) is 0 Å². The van der Waals surface area contributed by atoms with Gasteiger partial charge in [-0.25, -0.2) is 0 Å². The third-order valence-corrected chi connectivity index (χ3v) is 1.73. The lowest BCUT2D eigenvalue weighted by Gasteiger charge is -2.12. The highest BCUT2D eigenvalue weighted by Gasteiger charge is 2.08. The summed E-state index contributed by atoms with van der Waals surface area (Å²) in [5.74, 6) is 0.216. The Morgan fingerprint density at radius 1 is 1.55 bits per heavy atom. The van der Waals surface area contributed by atoms with Crippen LogP contribution < -0.4 is 0 Å². The minimum atomic E-state index is 0.146. The minimum absolute atomic E-state index is 0.146. The topological polar surface area (TPSA) is 26.3 Å². The predicted molar refractivity (Wildman–Crippen MR) is 45.6 cm³/mol. The van der Waals surface area contributed by atoms with Gasteiger partial charge < -0.3 is 4.74 Å².